The summed E-state index contributed by atoms with van der Waals surface area (Å²) in [5, 5.41) is 2.93. The molecule has 0 saturated carbocycles. The molecule has 4 nitrogen and oxygen atoms in total. The standard InChI is InChI=1S/C18H19NO3S/c1-12-3-5-15(7-13(12)2)23-10-18(20)19-9-14-4-6-16-17(8-14)22-11-21-16/h3-8H,9-11H2,1-2H3,(H,19,20). The van der Waals surface area contributed by atoms with Gasteiger partial charge in [-0.25, -0.2) is 0 Å². The molecule has 1 amide bonds. The number of nitrogens with one attached hydrogen (secondary N) is 1. The van der Waals surface area contributed by atoms with Crippen LogP contribution in [-0.4, -0.2) is 18.5 Å². The quantitative estimate of drug-likeness (QED) is 0.854. The minimum atomic E-state index is 0.0193. The molecule has 0 bridgehead atoms. The summed E-state index contributed by atoms with van der Waals surface area (Å²) in [6, 6.07) is 12.0. The monoisotopic (exact) mass is 329 g/mol. The third kappa shape index (κ3) is 3.99. The number of thioether (sulfide) groups is 1. The third-order valence-electron chi connectivity index (χ3n) is 3.77. The van der Waals surface area contributed by atoms with Crippen LogP contribution in [0.15, 0.2) is 41.3 Å². The Bertz CT molecular complexity index is 730. The molecule has 0 unspecified atom stereocenters. The fourth-order valence-electron chi connectivity index (χ4n) is 2.26. The Hall–Kier alpha value is -2.14. The first kappa shape index (κ1) is 15.7. The van der Waals surface area contributed by atoms with Crippen LogP contribution < -0.4 is 14.8 Å². The third-order valence-corrected chi connectivity index (χ3v) is 4.77. The van der Waals surface area contributed by atoms with Gasteiger partial charge < -0.3 is 14.8 Å². The van der Waals surface area contributed by atoms with Crippen LogP contribution in [0, 0.1) is 13.8 Å². The van der Waals surface area contributed by atoms with E-state index in [9.17, 15) is 4.79 Å². The van der Waals surface area contributed by atoms with E-state index in [1.807, 2.05) is 18.2 Å². The van der Waals surface area contributed by atoms with E-state index in [-0.39, 0.29) is 12.7 Å². The van der Waals surface area contributed by atoms with Gasteiger partial charge in [0.05, 0.1) is 5.75 Å². The van der Waals surface area contributed by atoms with Crippen molar-refractivity contribution in [3.63, 3.8) is 0 Å². The molecule has 2 aromatic carbocycles. The van der Waals surface area contributed by atoms with Crippen molar-refractivity contribution in [1.29, 1.82) is 0 Å². The zero-order chi connectivity index (χ0) is 16.2. The summed E-state index contributed by atoms with van der Waals surface area (Å²) in [6.45, 7) is 4.92. The molecule has 0 saturated heterocycles. The fourth-order valence-corrected chi connectivity index (χ4v) is 3.08. The lowest BCUT2D eigenvalue weighted by Gasteiger charge is -2.07. The van der Waals surface area contributed by atoms with Crippen LogP contribution in [0.3, 0.4) is 0 Å². The van der Waals surface area contributed by atoms with Crippen LogP contribution >= 0.6 is 11.8 Å². The number of amides is 1. The van der Waals surface area contributed by atoms with Crippen LogP contribution in [0.5, 0.6) is 11.5 Å². The Labute approximate surface area is 140 Å². The van der Waals surface area contributed by atoms with Crippen LogP contribution in [0.25, 0.3) is 0 Å². The highest BCUT2D eigenvalue weighted by atomic mass is 32.2. The van der Waals surface area contributed by atoms with Gasteiger partial charge in [-0.1, -0.05) is 12.1 Å². The molecule has 5 heteroatoms. The molecule has 1 N–H and O–H groups in total. The number of hydrogen-bond acceptors (Lipinski definition) is 4. The summed E-state index contributed by atoms with van der Waals surface area (Å²) in [5.74, 6) is 1.92. The molecule has 0 aromatic heterocycles. The molecule has 0 spiro atoms. The first-order valence-corrected chi connectivity index (χ1v) is 8.45. The predicted molar refractivity (Wildman–Crippen MR) is 91.1 cm³/mol. The van der Waals surface area contributed by atoms with E-state index in [2.05, 4.69) is 37.4 Å². The molecule has 0 fully saturated rings. The molecule has 1 aliphatic rings. The van der Waals surface area contributed by atoms with E-state index in [1.54, 1.807) is 11.8 Å². The molecule has 0 aliphatic carbocycles. The molecule has 2 aromatic rings. The highest BCUT2D eigenvalue weighted by Gasteiger charge is 2.13. The molecular formula is C18H19NO3S. The number of benzene rings is 2. The van der Waals surface area contributed by atoms with Gasteiger partial charge in [0.15, 0.2) is 11.5 Å². The Morgan fingerprint density at radius 3 is 2.74 bits per heavy atom. The van der Waals surface area contributed by atoms with Crippen molar-refractivity contribution in [2.75, 3.05) is 12.5 Å². The second-order valence-electron chi connectivity index (χ2n) is 5.50. The Kier molecular flexibility index (Phi) is 4.76. The molecule has 23 heavy (non-hydrogen) atoms. The molecule has 3 rings (SSSR count). The summed E-state index contributed by atoms with van der Waals surface area (Å²) in [4.78, 5) is 13.1. The lowest BCUT2D eigenvalue weighted by atomic mass is 10.1. The zero-order valence-electron chi connectivity index (χ0n) is 13.2. The first-order valence-electron chi connectivity index (χ1n) is 7.47. The van der Waals surface area contributed by atoms with Crippen molar-refractivity contribution in [3.8, 4) is 11.5 Å². The highest BCUT2D eigenvalue weighted by molar-refractivity contribution is 8.00. The summed E-state index contributed by atoms with van der Waals surface area (Å²) in [6.07, 6.45) is 0. The average Bonchev–Trinajstić information content (AvgIpc) is 3.01. The normalized spacial score (nSPS) is 12.3. The zero-order valence-corrected chi connectivity index (χ0v) is 14.0. The predicted octanol–water partition coefficient (Wildman–Crippen LogP) is 3.44. The maximum absolute atomic E-state index is 12.0. The van der Waals surface area contributed by atoms with Crippen LogP contribution in [0.2, 0.25) is 0 Å². The van der Waals surface area contributed by atoms with Crippen molar-refractivity contribution in [1.82, 2.24) is 5.32 Å². The maximum Gasteiger partial charge on any atom is 0.231 e. The molecule has 1 aliphatic heterocycles. The van der Waals surface area contributed by atoms with Gasteiger partial charge in [0.2, 0.25) is 12.7 Å². The fraction of sp³-hybridized carbons (Fsp3) is 0.278. The average molecular weight is 329 g/mol. The second-order valence-corrected chi connectivity index (χ2v) is 6.55. The maximum atomic E-state index is 12.0. The van der Waals surface area contributed by atoms with E-state index in [0.717, 1.165) is 22.0 Å². The van der Waals surface area contributed by atoms with Crippen molar-refractivity contribution >= 4 is 17.7 Å². The summed E-state index contributed by atoms with van der Waals surface area (Å²) >= 11 is 1.55. The van der Waals surface area contributed by atoms with Gasteiger partial charge in [-0.2, -0.15) is 0 Å². The SMILES string of the molecule is Cc1ccc(SCC(=O)NCc2ccc3c(c2)OCO3)cc1C. The van der Waals surface area contributed by atoms with E-state index >= 15 is 0 Å². The van der Waals surface area contributed by atoms with Crippen LogP contribution in [-0.2, 0) is 11.3 Å². The minimum absolute atomic E-state index is 0.0193. The number of rotatable bonds is 5. The molecular weight excluding hydrogens is 310 g/mol. The molecule has 0 atom stereocenters. The van der Waals surface area contributed by atoms with Crippen molar-refractivity contribution < 1.29 is 14.3 Å². The summed E-state index contributed by atoms with van der Waals surface area (Å²) in [5.41, 5.74) is 3.51. The van der Waals surface area contributed by atoms with Gasteiger partial charge in [-0.15, -0.1) is 11.8 Å². The van der Waals surface area contributed by atoms with Crippen LogP contribution in [0.4, 0.5) is 0 Å². The van der Waals surface area contributed by atoms with Crippen molar-refractivity contribution in [3.05, 3.63) is 53.1 Å². The number of carbonyl (C=O) groups excluding carboxylic acids is 1. The minimum Gasteiger partial charge on any atom is -0.454 e. The van der Waals surface area contributed by atoms with Gasteiger partial charge in [0.25, 0.3) is 0 Å². The lowest BCUT2D eigenvalue weighted by Crippen LogP contribution is -2.24. The van der Waals surface area contributed by atoms with Gasteiger partial charge in [-0.3, -0.25) is 4.79 Å². The first-order chi connectivity index (χ1) is 11.1. The van der Waals surface area contributed by atoms with E-state index in [4.69, 9.17) is 9.47 Å². The number of carbonyl (C=O) groups is 1. The molecule has 120 valence electrons. The van der Waals surface area contributed by atoms with E-state index in [1.165, 1.54) is 11.1 Å². The van der Waals surface area contributed by atoms with Crippen molar-refractivity contribution in [2.24, 2.45) is 0 Å². The van der Waals surface area contributed by atoms with Gasteiger partial charge in [0.1, 0.15) is 0 Å². The largest absolute Gasteiger partial charge is 0.454 e. The number of aryl methyl sites for hydroxylation is 2. The Morgan fingerprint density at radius 2 is 1.91 bits per heavy atom. The number of hydrogen-bond donors (Lipinski definition) is 1. The Balaban J connectivity index is 1.48. The van der Waals surface area contributed by atoms with E-state index < -0.39 is 0 Å². The Morgan fingerprint density at radius 1 is 1.09 bits per heavy atom. The number of ether oxygens (including phenoxy) is 2. The van der Waals surface area contributed by atoms with E-state index in [0.29, 0.717) is 12.3 Å². The lowest BCUT2D eigenvalue weighted by molar-refractivity contribution is -0.118. The smallest absolute Gasteiger partial charge is 0.231 e. The molecule has 1 heterocycles. The number of fused-ring (bicyclic) bond motifs is 1. The van der Waals surface area contributed by atoms with Crippen LogP contribution in [0.1, 0.15) is 16.7 Å². The topological polar surface area (TPSA) is 47.6 Å². The van der Waals surface area contributed by atoms with Gasteiger partial charge >= 0.3 is 0 Å². The second kappa shape index (κ2) is 6.96. The van der Waals surface area contributed by atoms with Crippen molar-refractivity contribution in [2.45, 2.75) is 25.3 Å². The summed E-state index contributed by atoms with van der Waals surface area (Å²) < 4.78 is 10.6. The molecule has 0 radical (unpaired) electrons. The van der Waals surface area contributed by atoms with Gasteiger partial charge in [-0.05, 0) is 54.8 Å². The summed E-state index contributed by atoms with van der Waals surface area (Å²) in [7, 11) is 0. The van der Waals surface area contributed by atoms with Gasteiger partial charge in [0, 0.05) is 11.4 Å². The highest BCUT2D eigenvalue weighted by Crippen LogP contribution is 2.32.